The predicted molar refractivity (Wildman–Crippen MR) is 125 cm³/mol. The lowest BCUT2D eigenvalue weighted by molar-refractivity contribution is -0.132. The molecule has 0 aliphatic carbocycles. The van der Waals surface area contributed by atoms with Crippen LogP contribution in [0.15, 0.2) is 23.4 Å². The van der Waals surface area contributed by atoms with Gasteiger partial charge in [-0.05, 0) is 25.0 Å². The van der Waals surface area contributed by atoms with Gasteiger partial charge in [-0.2, -0.15) is 10.2 Å². The molecule has 3 atom stereocenters. The Hall–Kier alpha value is -3.63. The van der Waals surface area contributed by atoms with Crippen LogP contribution < -0.4 is 14.4 Å². The minimum Gasteiger partial charge on any atom is -0.609 e. The maximum Gasteiger partial charge on any atom is 0.407 e. The molecule has 1 amide bonds. The molecular weight excluding hydrogens is 493 g/mol. The number of hydrogen-bond donors (Lipinski definition) is 1. The number of hydrogen-bond acceptors (Lipinski definition) is 9. The van der Waals surface area contributed by atoms with E-state index in [0.717, 1.165) is 0 Å². The number of benzene rings is 1. The first-order valence-electron chi connectivity index (χ1n) is 11.2. The molecule has 11 nitrogen and oxygen atoms in total. The van der Waals surface area contributed by atoms with E-state index in [2.05, 4.69) is 9.97 Å². The second-order valence-corrected chi connectivity index (χ2v) is 9.67. The highest BCUT2D eigenvalue weighted by molar-refractivity contribution is 7.90. The van der Waals surface area contributed by atoms with E-state index in [1.165, 1.54) is 36.3 Å². The van der Waals surface area contributed by atoms with Crippen molar-refractivity contribution in [3.05, 3.63) is 35.1 Å². The third-order valence-corrected chi connectivity index (χ3v) is 6.73. The molecule has 1 fully saturated rings. The van der Waals surface area contributed by atoms with Crippen LogP contribution in [0.2, 0.25) is 0 Å². The van der Waals surface area contributed by atoms with Crippen molar-refractivity contribution in [1.29, 1.82) is 5.26 Å². The molecule has 2 aliphatic rings. The van der Waals surface area contributed by atoms with E-state index < -0.39 is 41.2 Å². The number of ether oxygens (including phenoxy) is 2. The predicted octanol–water partition coefficient (Wildman–Crippen LogP) is 2.43. The van der Waals surface area contributed by atoms with Crippen LogP contribution in [0.1, 0.15) is 37.0 Å². The van der Waals surface area contributed by atoms with Gasteiger partial charge in [-0.3, -0.25) is 4.79 Å². The molecule has 1 N–H and O–H groups in total. The quantitative estimate of drug-likeness (QED) is 0.271. The Kier molecular flexibility index (Phi) is 7.46. The van der Waals surface area contributed by atoms with Crippen molar-refractivity contribution in [2.24, 2.45) is 0 Å². The lowest BCUT2D eigenvalue weighted by Gasteiger charge is -2.40. The number of amides is 1. The van der Waals surface area contributed by atoms with E-state index in [1.807, 2.05) is 11.0 Å². The van der Waals surface area contributed by atoms with E-state index in [0.29, 0.717) is 30.8 Å². The summed E-state index contributed by atoms with van der Waals surface area (Å²) in [5, 5.41) is 18.7. The number of carbonyl (C=O) groups excluding carboxylic acids is 1. The summed E-state index contributed by atoms with van der Waals surface area (Å²) < 4.78 is 38.4. The minimum atomic E-state index is -1.57. The molecule has 0 spiro atoms. The van der Waals surface area contributed by atoms with Crippen molar-refractivity contribution in [3.63, 3.8) is 0 Å². The van der Waals surface area contributed by atoms with Crippen molar-refractivity contribution >= 4 is 29.1 Å². The molecule has 2 aromatic rings. The molecule has 1 aromatic heterocycles. The maximum absolute atomic E-state index is 14.8. The second-order valence-electron chi connectivity index (χ2n) is 8.40. The van der Waals surface area contributed by atoms with E-state index >= 15 is 0 Å². The normalized spacial score (nSPS) is 20.1. The van der Waals surface area contributed by atoms with Gasteiger partial charge < -0.3 is 28.9 Å². The van der Waals surface area contributed by atoms with Gasteiger partial charge in [0.05, 0.1) is 29.7 Å². The SMILES string of the molecule is CC(=O)Oc1cccc(F)c1C1CCc2c(nc([S+](C)[O-])nc2N2CCN(C(=O)O)C(CC#N)C2)O1. The number of rotatable bonds is 5. The fourth-order valence-electron chi connectivity index (χ4n) is 4.46. The van der Waals surface area contributed by atoms with Crippen LogP contribution in [0.3, 0.4) is 0 Å². The summed E-state index contributed by atoms with van der Waals surface area (Å²) in [6.07, 6.45) is 0.209. The average Bonchev–Trinajstić information content (AvgIpc) is 2.82. The number of carboxylic acid groups (broad SMARTS) is 1. The number of esters is 1. The third kappa shape index (κ3) is 5.14. The van der Waals surface area contributed by atoms with Crippen LogP contribution in [-0.2, 0) is 22.4 Å². The zero-order chi connectivity index (χ0) is 26.0. The Morgan fingerprint density at radius 2 is 2.17 bits per heavy atom. The molecule has 190 valence electrons. The maximum atomic E-state index is 14.8. The van der Waals surface area contributed by atoms with Gasteiger partial charge >= 0.3 is 17.2 Å². The third-order valence-electron chi connectivity index (χ3n) is 6.04. The van der Waals surface area contributed by atoms with Crippen LogP contribution in [0.25, 0.3) is 0 Å². The first-order valence-corrected chi connectivity index (χ1v) is 12.7. The van der Waals surface area contributed by atoms with E-state index in [1.54, 1.807) is 0 Å². The average molecular weight is 518 g/mol. The first kappa shape index (κ1) is 25.5. The van der Waals surface area contributed by atoms with Crippen molar-refractivity contribution in [3.8, 4) is 17.7 Å². The minimum absolute atomic E-state index is 0.00736. The Balaban J connectivity index is 1.70. The van der Waals surface area contributed by atoms with Crippen LogP contribution in [0.5, 0.6) is 11.6 Å². The lowest BCUT2D eigenvalue weighted by Crippen LogP contribution is -2.55. The molecule has 4 rings (SSSR count). The standard InChI is InChI=1S/C23H24FN5O6S/c1-13(30)34-17-5-3-4-16(24)19(17)18-7-6-15-20(26-22(36(2)33)27-21(15)35-18)28-10-11-29(23(31)32)14(12-28)8-9-25/h3-5,14,18H,6-8,10-12H2,1-2H3,(H,31,32). The van der Waals surface area contributed by atoms with Gasteiger partial charge in [0, 0.05) is 37.7 Å². The number of nitrogens with zero attached hydrogens (tertiary/aromatic N) is 5. The summed E-state index contributed by atoms with van der Waals surface area (Å²) in [5.74, 6) is -0.561. The Bertz CT molecular complexity index is 1220. The molecule has 0 bridgehead atoms. The summed E-state index contributed by atoms with van der Waals surface area (Å²) in [5.41, 5.74) is 0.701. The van der Waals surface area contributed by atoms with Crippen molar-refractivity contribution in [1.82, 2.24) is 14.9 Å². The van der Waals surface area contributed by atoms with Gasteiger partial charge in [-0.15, -0.1) is 4.98 Å². The molecule has 0 saturated carbocycles. The number of anilines is 1. The molecule has 1 saturated heterocycles. The van der Waals surface area contributed by atoms with Crippen LogP contribution >= 0.6 is 0 Å². The number of aromatic nitrogens is 2. The van der Waals surface area contributed by atoms with Gasteiger partial charge in [-0.25, -0.2) is 9.18 Å². The number of halogens is 1. The smallest absolute Gasteiger partial charge is 0.407 e. The molecule has 3 heterocycles. The fourth-order valence-corrected chi connectivity index (χ4v) is 4.89. The highest BCUT2D eigenvalue weighted by atomic mass is 32.2. The van der Waals surface area contributed by atoms with Crippen LogP contribution in [-0.4, -0.2) is 68.5 Å². The van der Waals surface area contributed by atoms with E-state index in [4.69, 9.17) is 9.47 Å². The largest absolute Gasteiger partial charge is 0.609 e. The van der Waals surface area contributed by atoms with Gasteiger partial charge in [0.2, 0.25) is 5.88 Å². The zero-order valence-electron chi connectivity index (χ0n) is 19.6. The van der Waals surface area contributed by atoms with Crippen LogP contribution in [0, 0.1) is 17.1 Å². The number of piperazine rings is 1. The Morgan fingerprint density at radius 1 is 1.39 bits per heavy atom. The van der Waals surface area contributed by atoms with E-state index in [-0.39, 0.29) is 41.9 Å². The van der Waals surface area contributed by atoms with Crippen LogP contribution in [0.4, 0.5) is 15.0 Å². The molecule has 1 aromatic carbocycles. The molecule has 0 radical (unpaired) electrons. The summed E-state index contributed by atoms with van der Waals surface area (Å²) >= 11 is -1.57. The topological polar surface area (TPSA) is 152 Å². The van der Waals surface area contributed by atoms with Gasteiger partial charge in [0.1, 0.15) is 29.7 Å². The Labute approximate surface area is 209 Å². The monoisotopic (exact) mass is 517 g/mol. The van der Waals surface area contributed by atoms with Crippen molar-refractivity contribution < 1.29 is 33.1 Å². The summed E-state index contributed by atoms with van der Waals surface area (Å²) in [7, 11) is 0. The summed E-state index contributed by atoms with van der Waals surface area (Å²) in [6, 6.07) is 5.62. The fraction of sp³-hybridized carbons (Fsp3) is 0.435. The van der Waals surface area contributed by atoms with E-state index in [9.17, 15) is 28.9 Å². The zero-order valence-corrected chi connectivity index (χ0v) is 20.5. The molecular formula is C23H24FN5O6S. The molecule has 36 heavy (non-hydrogen) atoms. The highest BCUT2D eigenvalue weighted by Crippen LogP contribution is 2.42. The lowest BCUT2D eigenvalue weighted by atomic mass is 9.97. The summed E-state index contributed by atoms with van der Waals surface area (Å²) in [6.45, 7) is 1.90. The van der Waals surface area contributed by atoms with Crippen molar-refractivity contribution in [2.45, 2.75) is 43.5 Å². The summed E-state index contributed by atoms with van der Waals surface area (Å²) in [4.78, 5) is 35.0. The van der Waals surface area contributed by atoms with Gasteiger partial charge in [0.25, 0.3) is 0 Å². The molecule has 2 aliphatic heterocycles. The number of carbonyl (C=O) groups is 2. The Morgan fingerprint density at radius 3 is 2.83 bits per heavy atom. The van der Waals surface area contributed by atoms with Gasteiger partial charge in [0.15, 0.2) is 0 Å². The molecule has 13 heteroatoms. The number of fused-ring (bicyclic) bond motifs is 1. The van der Waals surface area contributed by atoms with Gasteiger partial charge in [-0.1, -0.05) is 6.07 Å². The van der Waals surface area contributed by atoms with Crippen molar-refractivity contribution in [2.75, 3.05) is 30.8 Å². The second kappa shape index (κ2) is 10.5. The molecule has 3 unspecified atom stereocenters. The number of nitriles is 1. The highest BCUT2D eigenvalue weighted by Gasteiger charge is 2.36. The first-order chi connectivity index (χ1) is 17.2.